The maximum atomic E-state index is 12.4. The number of amides is 1. The van der Waals surface area contributed by atoms with E-state index in [4.69, 9.17) is 9.26 Å². The van der Waals surface area contributed by atoms with E-state index in [0.29, 0.717) is 25.8 Å². The molecule has 0 aromatic carbocycles. The molecule has 0 bridgehead atoms. The van der Waals surface area contributed by atoms with Crippen molar-refractivity contribution in [3.63, 3.8) is 0 Å². The molecule has 1 aromatic rings. The molecule has 2 rings (SSSR count). The van der Waals surface area contributed by atoms with Crippen LogP contribution in [-0.2, 0) is 20.7 Å². The van der Waals surface area contributed by atoms with Crippen LogP contribution in [0.5, 0.6) is 0 Å². The van der Waals surface area contributed by atoms with Crippen LogP contribution in [0.25, 0.3) is 0 Å². The van der Waals surface area contributed by atoms with E-state index < -0.39 is 6.04 Å². The van der Waals surface area contributed by atoms with E-state index in [1.807, 2.05) is 13.8 Å². The van der Waals surface area contributed by atoms with Crippen molar-refractivity contribution in [2.75, 3.05) is 13.7 Å². The van der Waals surface area contributed by atoms with Gasteiger partial charge in [0.25, 0.3) is 0 Å². The number of nitrogens with zero attached hydrogens (tertiary/aromatic N) is 2. The van der Waals surface area contributed by atoms with E-state index in [2.05, 4.69) is 5.16 Å². The summed E-state index contributed by atoms with van der Waals surface area (Å²) in [5.41, 5.74) is 1.80. The average Bonchev–Trinajstić information content (AvgIpc) is 2.82. The van der Waals surface area contributed by atoms with Crippen LogP contribution in [0, 0.1) is 13.8 Å². The Morgan fingerprint density at radius 2 is 2.14 bits per heavy atom. The van der Waals surface area contributed by atoms with Crippen molar-refractivity contribution < 1.29 is 18.8 Å². The fraction of sp³-hybridized carbons (Fsp3) is 0.667. The molecule has 21 heavy (non-hydrogen) atoms. The van der Waals surface area contributed by atoms with Gasteiger partial charge in [0.05, 0.1) is 12.8 Å². The van der Waals surface area contributed by atoms with Crippen LogP contribution < -0.4 is 0 Å². The quantitative estimate of drug-likeness (QED) is 0.791. The second-order valence-electron chi connectivity index (χ2n) is 5.42. The van der Waals surface area contributed by atoms with Crippen LogP contribution >= 0.6 is 0 Å². The Balaban J connectivity index is 1.99. The van der Waals surface area contributed by atoms with E-state index >= 15 is 0 Å². The largest absolute Gasteiger partial charge is 0.467 e. The summed E-state index contributed by atoms with van der Waals surface area (Å²) in [5, 5.41) is 3.89. The van der Waals surface area contributed by atoms with Gasteiger partial charge in [-0.3, -0.25) is 4.79 Å². The van der Waals surface area contributed by atoms with Crippen LogP contribution in [0.3, 0.4) is 0 Å². The Labute approximate surface area is 124 Å². The van der Waals surface area contributed by atoms with Crippen molar-refractivity contribution in [1.29, 1.82) is 0 Å². The van der Waals surface area contributed by atoms with Gasteiger partial charge in [-0.2, -0.15) is 0 Å². The van der Waals surface area contributed by atoms with Crippen molar-refractivity contribution in [1.82, 2.24) is 10.1 Å². The predicted molar refractivity (Wildman–Crippen MR) is 75.7 cm³/mol. The second kappa shape index (κ2) is 6.74. The fourth-order valence-corrected chi connectivity index (χ4v) is 2.85. The Morgan fingerprint density at radius 1 is 1.38 bits per heavy atom. The van der Waals surface area contributed by atoms with Crippen LogP contribution in [-0.4, -0.2) is 41.6 Å². The topological polar surface area (TPSA) is 72.6 Å². The maximum Gasteiger partial charge on any atom is 0.328 e. The molecule has 1 amide bonds. The molecule has 1 atom stereocenters. The molecule has 0 spiro atoms. The fourth-order valence-electron chi connectivity index (χ4n) is 2.85. The smallest absolute Gasteiger partial charge is 0.328 e. The van der Waals surface area contributed by atoms with Crippen LogP contribution in [0.4, 0.5) is 0 Å². The third-order valence-electron chi connectivity index (χ3n) is 4.07. The van der Waals surface area contributed by atoms with E-state index in [9.17, 15) is 9.59 Å². The lowest BCUT2D eigenvalue weighted by Gasteiger charge is -2.33. The van der Waals surface area contributed by atoms with Gasteiger partial charge in [0, 0.05) is 18.5 Å². The number of hydrogen-bond donors (Lipinski definition) is 0. The highest BCUT2D eigenvalue weighted by Crippen LogP contribution is 2.21. The van der Waals surface area contributed by atoms with Gasteiger partial charge in [-0.05, 0) is 39.5 Å². The monoisotopic (exact) mass is 294 g/mol. The number of esters is 1. The summed E-state index contributed by atoms with van der Waals surface area (Å²) in [7, 11) is 1.36. The molecule has 116 valence electrons. The van der Waals surface area contributed by atoms with Crippen molar-refractivity contribution in [2.45, 2.75) is 52.0 Å². The summed E-state index contributed by atoms with van der Waals surface area (Å²) in [6.07, 6.45) is 3.52. The third kappa shape index (κ3) is 3.43. The molecule has 0 N–H and O–H groups in total. The zero-order valence-electron chi connectivity index (χ0n) is 12.8. The molecule has 1 saturated heterocycles. The highest BCUT2D eigenvalue weighted by atomic mass is 16.5. The van der Waals surface area contributed by atoms with Gasteiger partial charge in [-0.15, -0.1) is 0 Å². The molecule has 2 heterocycles. The van der Waals surface area contributed by atoms with E-state index in [0.717, 1.165) is 29.9 Å². The first kappa shape index (κ1) is 15.5. The Bertz CT molecular complexity index is 504. The third-order valence-corrected chi connectivity index (χ3v) is 4.07. The Hall–Kier alpha value is -1.85. The molecule has 0 saturated carbocycles. The summed E-state index contributed by atoms with van der Waals surface area (Å²) < 4.78 is 9.90. The highest BCUT2D eigenvalue weighted by Gasteiger charge is 2.32. The van der Waals surface area contributed by atoms with Crippen molar-refractivity contribution in [3.8, 4) is 0 Å². The lowest BCUT2D eigenvalue weighted by Crippen LogP contribution is -2.48. The number of hydrogen-bond acceptors (Lipinski definition) is 5. The summed E-state index contributed by atoms with van der Waals surface area (Å²) in [5.74, 6) is 0.425. The molecule has 1 aliphatic heterocycles. The first-order chi connectivity index (χ1) is 10.0. The van der Waals surface area contributed by atoms with Gasteiger partial charge in [-0.25, -0.2) is 4.79 Å². The zero-order chi connectivity index (χ0) is 15.4. The second-order valence-corrected chi connectivity index (χ2v) is 5.42. The summed E-state index contributed by atoms with van der Waals surface area (Å²) >= 11 is 0. The number of likely N-dealkylation sites (tertiary alicyclic amines) is 1. The number of aromatic nitrogens is 1. The standard InChI is InChI=1S/C15H22N2O4/c1-10-12(11(2)21-16-10)7-8-14(18)17-9-5-4-6-13(17)15(19)20-3/h13H,4-9H2,1-3H3. The minimum Gasteiger partial charge on any atom is -0.467 e. The minimum absolute atomic E-state index is 0.00917. The Kier molecular flexibility index (Phi) is 4.98. The van der Waals surface area contributed by atoms with E-state index in [1.54, 1.807) is 4.90 Å². The lowest BCUT2D eigenvalue weighted by atomic mass is 10.0. The van der Waals surface area contributed by atoms with E-state index in [1.165, 1.54) is 7.11 Å². The SMILES string of the molecule is COC(=O)C1CCCCN1C(=O)CCc1c(C)noc1C. The summed E-state index contributed by atoms with van der Waals surface area (Å²) in [6, 6.07) is -0.430. The maximum absolute atomic E-state index is 12.4. The zero-order valence-corrected chi connectivity index (χ0v) is 12.8. The Morgan fingerprint density at radius 3 is 2.76 bits per heavy atom. The van der Waals surface area contributed by atoms with E-state index in [-0.39, 0.29) is 11.9 Å². The highest BCUT2D eigenvalue weighted by molar-refractivity contribution is 5.84. The van der Waals surface area contributed by atoms with Crippen molar-refractivity contribution >= 4 is 11.9 Å². The summed E-state index contributed by atoms with van der Waals surface area (Å²) in [6.45, 7) is 4.34. The van der Waals surface area contributed by atoms with Crippen LogP contribution in [0.15, 0.2) is 4.52 Å². The molecule has 0 aliphatic carbocycles. The average molecular weight is 294 g/mol. The first-order valence-electron chi connectivity index (χ1n) is 7.33. The van der Waals surface area contributed by atoms with Gasteiger partial charge < -0.3 is 14.2 Å². The van der Waals surface area contributed by atoms with Gasteiger partial charge in [0.1, 0.15) is 11.8 Å². The number of carbonyl (C=O) groups is 2. The van der Waals surface area contributed by atoms with Crippen LogP contribution in [0.1, 0.15) is 42.7 Å². The van der Waals surface area contributed by atoms with Gasteiger partial charge >= 0.3 is 5.97 Å². The molecular formula is C15H22N2O4. The number of carbonyl (C=O) groups excluding carboxylic acids is 2. The number of ether oxygens (including phenoxy) is 1. The normalized spacial score (nSPS) is 18.6. The van der Waals surface area contributed by atoms with Crippen LogP contribution in [0.2, 0.25) is 0 Å². The van der Waals surface area contributed by atoms with Gasteiger partial charge in [0.2, 0.25) is 5.91 Å². The molecule has 6 nitrogen and oxygen atoms in total. The molecular weight excluding hydrogens is 272 g/mol. The molecule has 6 heteroatoms. The van der Waals surface area contributed by atoms with Gasteiger partial charge in [0.15, 0.2) is 0 Å². The number of rotatable bonds is 4. The molecule has 1 fully saturated rings. The summed E-state index contributed by atoms with van der Waals surface area (Å²) in [4.78, 5) is 25.9. The molecule has 1 aliphatic rings. The first-order valence-corrected chi connectivity index (χ1v) is 7.33. The van der Waals surface area contributed by atoms with Crippen molar-refractivity contribution in [3.05, 3.63) is 17.0 Å². The lowest BCUT2D eigenvalue weighted by molar-refractivity contribution is -0.154. The predicted octanol–water partition coefficient (Wildman–Crippen LogP) is 1.78. The minimum atomic E-state index is -0.430. The number of piperidine rings is 1. The number of aryl methyl sites for hydroxylation is 2. The molecule has 0 radical (unpaired) electrons. The molecule has 1 aromatic heterocycles. The van der Waals surface area contributed by atoms with Crippen molar-refractivity contribution in [2.24, 2.45) is 0 Å². The van der Waals surface area contributed by atoms with Gasteiger partial charge in [-0.1, -0.05) is 5.16 Å². The molecule has 1 unspecified atom stereocenters. The number of methoxy groups -OCH3 is 1.